The van der Waals surface area contributed by atoms with Gasteiger partial charge in [0.2, 0.25) is 0 Å². The van der Waals surface area contributed by atoms with Crippen LogP contribution in [0.15, 0.2) is 59.5 Å². The third-order valence-electron chi connectivity index (χ3n) is 3.07. The zero-order chi connectivity index (χ0) is 16.0. The Bertz CT molecular complexity index is 610. The number of rotatable bonds is 6. The van der Waals surface area contributed by atoms with Crippen LogP contribution in [0.25, 0.3) is 0 Å². The first-order valence-electron chi connectivity index (χ1n) is 6.56. The lowest BCUT2D eigenvalue weighted by atomic mass is 9.98. The molecule has 5 nitrogen and oxygen atoms in total. The summed E-state index contributed by atoms with van der Waals surface area (Å²) in [6.07, 6.45) is 0. The van der Waals surface area contributed by atoms with E-state index < -0.39 is 11.6 Å². The van der Waals surface area contributed by atoms with Crippen molar-refractivity contribution in [1.29, 1.82) is 0 Å². The van der Waals surface area contributed by atoms with Crippen LogP contribution in [0.1, 0.15) is 29.8 Å². The topological polar surface area (TPSA) is 65.0 Å². The Hall–Kier alpha value is -1.86. The van der Waals surface area contributed by atoms with Gasteiger partial charge >= 0.3 is 5.97 Å². The van der Waals surface area contributed by atoms with E-state index in [-0.39, 0.29) is 0 Å². The summed E-state index contributed by atoms with van der Waals surface area (Å²) in [5.41, 5.74) is 0.627. The molecule has 0 unspecified atom stereocenters. The highest BCUT2D eigenvalue weighted by atomic mass is 32.2. The SMILES string of the molecule is CC(C)(OC(=O)c1ccc(SOOO)cc1)c1ccccc1. The molecule has 2 aromatic rings. The second-order valence-corrected chi connectivity index (χ2v) is 5.79. The number of hydrogen-bond acceptors (Lipinski definition) is 6. The lowest BCUT2D eigenvalue weighted by Crippen LogP contribution is -2.25. The van der Waals surface area contributed by atoms with E-state index in [2.05, 4.69) is 9.37 Å². The van der Waals surface area contributed by atoms with Gasteiger partial charge < -0.3 is 4.74 Å². The van der Waals surface area contributed by atoms with Gasteiger partial charge in [0, 0.05) is 4.90 Å². The zero-order valence-electron chi connectivity index (χ0n) is 12.2. The number of carbonyl (C=O) groups excluding carboxylic acids is 1. The maximum Gasteiger partial charge on any atom is 0.338 e. The molecule has 0 fully saturated rings. The summed E-state index contributed by atoms with van der Waals surface area (Å²) in [4.78, 5) is 12.9. The molecule has 2 rings (SSSR count). The van der Waals surface area contributed by atoms with E-state index in [0.717, 1.165) is 17.6 Å². The van der Waals surface area contributed by atoms with E-state index in [1.54, 1.807) is 24.3 Å². The number of carbonyl (C=O) groups is 1. The van der Waals surface area contributed by atoms with Gasteiger partial charge in [-0.05, 0) is 43.7 Å². The molecule has 6 heteroatoms. The molecule has 0 amide bonds. The summed E-state index contributed by atoms with van der Waals surface area (Å²) in [6, 6.07) is 16.1. The fraction of sp³-hybridized carbons (Fsp3) is 0.188. The van der Waals surface area contributed by atoms with Crippen molar-refractivity contribution >= 4 is 18.0 Å². The lowest BCUT2D eigenvalue weighted by molar-refractivity contribution is -0.432. The number of benzene rings is 2. The molecule has 22 heavy (non-hydrogen) atoms. The minimum absolute atomic E-state index is 0.412. The Kier molecular flexibility index (Phi) is 5.57. The van der Waals surface area contributed by atoms with Crippen LogP contribution >= 0.6 is 12.0 Å². The molecule has 0 spiro atoms. The van der Waals surface area contributed by atoms with Gasteiger partial charge in [-0.1, -0.05) is 35.4 Å². The van der Waals surface area contributed by atoms with Crippen LogP contribution in [0.3, 0.4) is 0 Å². The maximum absolute atomic E-state index is 12.2. The van der Waals surface area contributed by atoms with Gasteiger partial charge in [0.05, 0.1) is 17.6 Å². The van der Waals surface area contributed by atoms with Crippen LogP contribution in [-0.2, 0) is 19.7 Å². The van der Waals surface area contributed by atoms with Crippen LogP contribution < -0.4 is 0 Å². The lowest BCUT2D eigenvalue weighted by Gasteiger charge is -2.25. The van der Waals surface area contributed by atoms with Gasteiger partial charge in [0.25, 0.3) is 0 Å². The smallest absolute Gasteiger partial charge is 0.338 e. The predicted octanol–water partition coefficient (Wildman–Crippen LogP) is 4.21. The molecule has 0 aliphatic carbocycles. The largest absolute Gasteiger partial charge is 0.451 e. The minimum Gasteiger partial charge on any atom is -0.451 e. The van der Waals surface area contributed by atoms with Crippen molar-refractivity contribution in [3.63, 3.8) is 0 Å². The van der Waals surface area contributed by atoms with E-state index >= 15 is 0 Å². The van der Waals surface area contributed by atoms with Gasteiger partial charge in [-0.15, -0.1) is 4.33 Å². The highest BCUT2D eigenvalue weighted by Crippen LogP contribution is 2.26. The summed E-state index contributed by atoms with van der Waals surface area (Å²) in [5, 5.41) is 11.6. The normalized spacial score (nSPS) is 11.2. The Morgan fingerprint density at radius 3 is 2.27 bits per heavy atom. The highest BCUT2D eigenvalue weighted by molar-refractivity contribution is 7.94. The van der Waals surface area contributed by atoms with Crippen molar-refractivity contribution in [3.8, 4) is 0 Å². The quantitative estimate of drug-likeness (QED) is 0.372. The van der Waals surface area contributed by atoms with E-state index in [0.29, 0.717) is 10.5 Å². The van der Waals surface area contributed by atoms with Crippen molar-refractivity contribution < 1.29 is 24.2 Å². The molecule has 0 aliphatic heterocycles. The van der Waals surface area contributed by atoms with Crippen molar-refractivity contribution in [1.82, 2.24) is 0 Å². The van der Waals surface area contributed by atoms with Gasteiger partial charge in [-0.2, -0.15) is 0 Å². The molecule has 0 heterocycles. The van der Waals surface area contributed by atoms with E-state index in [1.807, 2.05) is 44.2 Å². The van der Waals surface area contributed by atoms with Gasteiger partial charge in [0.1, 0.15) is 5.60 Å². The van der Waals surface area contributed by atoms with Gasteiger partial charge in [-0.25, -0.2) is 10.1 Å². The molecule has 0 bridgehead atoms. The average molecular weight is 320 g/mol. The van der Waals surface area contributed by atoms with Gasteiger partial charge in [0.15, 0.2) is 0 Å². The minimum atomic E-state index is -0.723. The van der Waals surface area contributed by atoms with Crippen LogP contribution in [0, 0.1) is 0 Å². The fourth-order valence-electron chi connectivity index (χ4n) is 1.89. The van der Waals surface area contributed by atoms with Crippen molar-refractivity contribution in [2.24, 2.45) is 0 Å². The number of esters is 1. The summed E-state index contributed by atoms with van der Waals surface area (Å²) in [7, 11) is 0. The third kappa shape index (κ3) is 4.32. The summed E-state index contributed by atoms with van der Waals surface area (Å²) >= 11 is 0.827. The standard InChI is InChI=1S/C16H16O5S/c1-16(2,13-6-4-3-5-7-13)19-15(17)12-8-10-14(11-9-12)22-21-20-18/h3-11,18H,1-2H3. The fourth-order valence-corrected chi connectivity index (χ4v) is 2.25. The van der Waals surface area contributed by atoms with Gasteiger partial charge in [-0.3, -0.25) is 0 Å². The summed E-state index contributed by atoms with van der Waals surface area (Å²) in [5.74, 6) is -0.412. The highest BCUT2D eigenvalue weighted by Gasteiger charge is 2.25. The molecule has 116 valence electrons. The van der Waals surface area contributed by atoms with Crippen LogP contribution in [0.5, 0.6) is 0 Å². The third-order valence-corrected chi connectivity index (χ3v) is 3.66. The molecule has 1 N–H and O–H groups in total. The molecular formula is C16H16O5S. The molecule has 0 radical (unpaired) electrons. The van der Waals surface area contributed by atoms with Crippen LogP contribution in [0.4, 0.5) is 0 Å². The molecular weight excluding hydrogens is 304 g/mol. The molecule has 0 aliphatic rings. The second kappa shape index (κ2) is 7.42. The average Bonchev–Trinajstić information content (AvgIpc) is 2.54. The van der Waals surface area contributed by atoms with Crippen LogP contribution in [-0.4, -0.2) is 11.2 Å². The molecule has 0 saturated heterocycles. The Labute approximate surface area is 132 Å². The number of ether oxygens (including phenoxy) is 1. The Balaban J connectivity index is 2.05. The van der Waals surface area contributed by atoms with Crippen molar-refractivity contribution in [2.45, 2.75) is 24.3 Å². The van der Waals surface area contributed by atoms with Crippen molar-refractivity contribution in [2.75, 3.05) is 0 Å². The van der Waals surface area contributed by atoms with E-state index in [1.165, 1.54) is 0 Å². The first-order valence-corrected chi connectivity index (χ1v) is 7.31. The molecule has 0 atom stereocenters. The number of hydrogen-bond donors (Lipinski definition) is 1. The Morgan fingerprint density at radius 1 is 1.05 bits per heavy atom. The first-order chi connectivity index (χ1) is 10.5. The maximum atomic E-state index is 12.2. The molecule has 0 saturated carbocycles. The van der Waals surface area contributed by atoms with E-state index in [4.69, 9.17) is 9.99 Å². The second-order valence-electron chi connectivity index (χ2n) is 5.02. The monoisotopic (exact) mass is 320 g/mol. The zero-order valence-corrected chi connectivity index (χ0v) is 13.0. The summed E-state index contributed by atoms with van der Waals surface area (Å²) < 4.78 is 9.90. The molecule has 2 aromatic carbocycles. The Morgan fingerprint density at radius 2 is 1.68 bits per heavy atom. The predicted molar refractivity (Wildman–Crippen MR) is 82.0 cm³/mol. The summed E-state index contributed by atoms with van der Waals surface area (Å²) in [6.45, 7) is 3.69. The molecule has 0 aromatic heterocycles. The van der Waals surface area contributed by atoms with Crippen LogP contribution in [0.2, 0.25) is 0 Å². The van der Waals surface area contributed by atoms with E-state index in [9.17, 15) is 4.79 Å². The van der Waals surface area contributed by atoms with Crippen molar-refractivity contribution in [3.05, 3.63) is 65.7 Å². The first kappa shape index (κ1) is 16.5.